The van der Waals surface area contributed by atoms with E-state index < -0.39 is 10.7 Å². The van der Waals surface area contributed by atoms with E-state index in [-0.39, 0.29) is 5.75 Å². The summed E-state index contributed by atoms with van der Waals surface area (Å²) in [6.45, 7) is 10.7. The molecular formula is C27H35N5O2S. The van der Waals surface area contributed by atoms with Crippen molar-refractivity contribution in [3.8, 4) is 11.3 Å². The predicted molar refractivity (Wildman–Crippen MR) is 142 cm³/mol. The van der Waals surface area contributed by atoms with Crippen LogP contribution in [0.25, 0.3) is 27.8 Å². The molecule has 1 fully saturated rings. The summed E-state index contributed by atoms with van der Waals surface area (Å²) in [6.07, 6.45) is 8.00. The first kappa shape index (κ1) is 24.0. The minimum absolute atomic E-state index is 0.286. The second kappa shape index (κ2) is 9.74. The smallest absolute Gasteiger partial charge is 0.163 e. The highest BCUT2D eigenvalue weighted by Gasteiger charge is 2.25. The second-order valence-corrected chi connectivity index (χ2v) is 11.4. The van der Waals surface area contributed by atoms with E-state index in [9.17, 15) is 8.42 Å². The standard InChI is InChI=1S/C27H35N5O2S/c1-17(2)25-22-14-20(13-21-7-5-10-31(21)11-6-12-35(33)34)8-9-24(22)29-26(25)23-15-32-16-28-30-27(32)19(4)18(23)3/h8-9,14-17,21,29,35H,5-7,10-13H2,1-4H3. The van der Waals surface area contributed by atoms with Gasteiger partial charge in [-0.3, -0.25) is 4.40 Å². The summed E-state index contributed by atoms with van der Waals surface area (Å²) in [4.78, 5) is 6.21. The lowest BCUT2D eigenvalue weighted by molar-refractivity contribution is 0.253. The van der Waals surface area contributed by atoms with Crippen LogP contribution in [-0.4, -0.2) is 57.8 Å². The molecule has 0 radical (unpaired) electrons. The Kier molecular flexibility index (Phi) is 6.68. The van der Waals surface area contributed by atoms with E-state index in [2.05, 4.69) is 72.2 Å². The van der Waals surface area contributed by atoms with Gasteiger partial charge in [0.25, 0.3) is 0 Å². The summed E-state index contributed by atoms with van der Waals surface area (Å²) in [5.74, 6) is 0.649. The van der Waals surface area contributed by atoms with E-state index in [1.165, 1.54) is 46.2 Å². The third-order valence-electron chi connectivity index (χ3n) is 7.65. The topological polar surface area (TPSA) is 83.4 Å². The number of aryl methyl sites for hydroxylation is 1. The average Bonchev–Trinajstić information content (AvgIpc) is 3.54. The molecule has 4 heterocycles. The van der Waals surface area contributed by atoms with E-state index in [1.54, 1.807) is 6.33 Å². The molecule has 1 atom stereocenters. The summed E-state index contributed by atoms with van der Waals surface area (Å²) >= 11 is 0. The van der Waals surface area contributed by atoms with Gasteiger partial charge < -0.3 is 9.88 Å². The van der Waals surface area contributed by atoms with E-state index in [0.717, 1.165) is 42.7 Å². The lowest BCUT2D eigenvalue weighted by Crippen LogP contribution is -2.32. The first-order valence-electron chi connectivity index (χ1n) is 12.6. The largest absolute Gasteiger partial charge is 0.354 e. The zero-order valence-corrected chi connectivity index (χ0v) is 21.9. The minimum atomic E-state index is -2.28. The van der Waals surface area contributed by atoms with Crippen LogP contribution in [0, 0.1) is 13.8 Å². The molecule has 1 unspecified atom stereocenters. The highest BCUT2D eigenvalue weighted by Crippen LogP contribution is 2.38. The number of H-pyrrole nitrogens is 1. The Bertz CT molecular complexity index is 1440. The Labute approximate surface area is 208 Å². The van der Waals surface area contributed by atoms with Crippen LogP contribution in [0.15, 0.2) is 30.7 Å². The van der Waals surface area contributed by atoms with Crippen molar-refractivity contribution in [1.82, 2.24) is 24.5 Å². The molecule has 3 aromatic heterocycles. The third-order valence-corrected chi connectivity index (χ3v) is 8.33. The molecule has 1 aliphatic rings. The number of aromatic nitrogens is 4. The number of aromatic amines is 1. The summed E-state index contributed by atoms with van der Waals surface area (Å²) in [5.41, 5.74) is 9.50. The highest BCUT2D eigenvalue weighted by atomic mass is 32.2. The quantitative estimate of drug-likeness (QED) is 0.350. The molecule has 1 N–H and O–H groups in total. The minimum Gasteiger partial charge on any atom is -0.354 e. The van der Waals surface area contributed by atoms with E-state index >= 15 is 0 Å². The zero-order chi connectivity index (χ0) is 24.7. The van der Waals surface area contributed by atoms with Crippen LogP contribution in [0.4, 0.5) is 0 Å². The van der Waals surface area contributed by atoms with Crippen molar-refractivity contribution in [2.75, 3.05) is 18.8 Å². The van der Waals surface area contributed by atoms with Gasteiger partial charge in [-0.25, -0.2) is 8.42 Å². The van der Waals surface area contributed by atoms with E-state index in [1.807, 2.05) is 4.40 Å². The molecule has 1 aliphatic heterocycles. The van der Waals surface area contributed by atoms with Gasteiger partial charge in [0, 0.05) is 34.5 Å². The van der Waals surface area contributed by atoms with Crippen molar-refractivity contribution in [1.29, 1.82) is 0 Å². The monoisotopic (exact) mass is 493 g/mol. The summed E-state index contributed by atoms with van der Waals surface area (Å²) < 4.78 is 23.9. The van der Waals surface area contributed by atoms with Crippen LogP contribution < -0.4 is 0 Å². The Hall–Kier alpha value is -2.71. The molecule has 0 spiro atoms. The molecule has 7 nitrogen and oxygen atoms in total. The number of pyridine rings is 1. The molecule has 186 valence electrons. The lowest BCUT2D eigenvalue weighted by atomic mass is 9.93. The summed E-state index contributed by atoms with van der Waals surface area (Å²) in [5, 5.41) is 9.67. The molecule has 35 heavy (non-hydrogen) atoms. The highest BCUT2D eigenvalue weighted by molar-refractivity contribution is 7.72. The number of nitrogens with zero attached hydrogens (tertiary/aromatic N) is 4. The number of benzene rings is 1. The molecule has 0 saturated carbocycles. The Morgan fingerprint density at radius 3 is 2.80 bits per heavy atom. The van der Waals surface area contributed by atoms with Gasteiger partial charge in [-0.2, -0.15) is 0 Å². The zero-order valence-electron chi connectivity index (χ0n) is 21.0. The van der Waals surface area contributed by atoms with E-state index in [4.69, 9.17) is 0 Å². The number of hydrogen-bond donors (Lipinski definition) is 2. The van der Waals surface area contributed by atoms with Gasteiger partial charge in [-0.05, 0) is 92.9 Å². The molecular weight excluding hydrogens is 458 g/mol. The predicted octanol–water partition coefficient (Wildman–Crippen LogP) is 4.63. The summed E-state index contributed by atoms with van der Waals surface area (Å²) in [6, 6.07) is 7.33. The number of nitrogens with one attached hydrogen (secondary N) is 1. The molecule has 0 bridgehead atoms. The maximum absolute atomic E-state index is 11.0. The average molecular weight is 494 g/mol. The first-order valence-corrected chi connectivity index (χ1v) is 14.0. The molecule has 1 aromatic carbocycles. The maximum Gasteiger partial charge on any atom is 0.163 e. The van der Waals surface area contributed by atoms with Gasteiger partial charge in [0.2, 0.25) is 0 Å². The van der Waals surface area contributed by atoms with Crippen LogP contribution in [0.1, 0.15) is 61.3 Å². The summed E-state index contributed by atoms with van der Waals surface area (Å²) in [7, 11) is -2.28. The van der Waals surface area contributed by atoms with Crippen LogP contribution in [0.2, 0.25) is 0 Å². The molecule has 8 heteroatoms. The number of thiol groups is 1. The van der Waals surface area contributed by atoms with Gasteiger partial charge in [0.15, 0.2) is 5.65 Å². The number of fused-ring (bicyclic) bond motifs is 2. The number of rotatable bonds is 8. The van der Waals surface area contributed by atoms with Crippen molar-refractivity contribution in [2.45, 2.75) is 65.3 Å². The van der Waals surface area contributed by atoms with Gasteiger partial charge in [0.05, 0.1) is 5.69 Å². The van der Waals surface area contributed by atoms with Crippen LogP contribution >= 0.6 is 0 Å². The van der Waals surface area contributed by atoms with Crippen LogP contribution in [0.5, 0.6) is 0 Å². The van der Waals surface area contributed by atoms with Crippen molar-refractivity contribution >= 4 is 27.3 Å². The Balaban J connectivity index is 1.49. The van der Waals surface area contributed by atoms with Gasteiger partial charge in [-0.15, -0.1) is 10.2 Å². The third kappa shape index (κ3) is 4.61. The Morgan fingerprint density at radius 2 is 2.03 bits per heavy atom. The van der Waals surface area contributed by atoms with Crippen molar-refractivity contribution in [3.05, 3.63) is 53.0 Å². The van der Waals surface area contributed by atoms with Gasteiger partial charge in [-0.1, -0.05) is 19.9 Å². The molecule has 0 aliphatic carbocycles. The second-order valence-electron chi connectivity index (χ2n) is 10.2. The Morgan fingerprint density at radius 1 is 1.20 bits per heavy atom. The van der Waals surface area contributed by atoms with Crippen LogP contribution in [-0.2, 0) is 17.1 Å². The fraction of sp³-hybridized carbons (Fsp3) is 0.481. The first-order chi connectivity index (χ1) is 16.8. The van der Waals surface area contributed by atoms with Crippen molar-refractivity contribution in [3.63, 3.8) is 0 Å². The lowest BCUT2D eigenvalue weighted by Gasteiger charge is -2.24. The maximum atomic E-state index is 11.0. The molecule has 0 amide bonds. The SMILES string of the molecule is Cc1c(-c2[nH]c3ccc(CC4CCCN4CCC[SH](=O)=O)cc3c2C(C)C)cn2cnnc2c1C. The fourth-order valence-electron chi connectivity index (χ4n) is 5.76. The van der Waals surface area contributed by atoms with Crippen LogP contribution in [0.3, 0.4) is 0 Å². The van der Waals surface area contributed by atoms with Gasteiger partial charge >= 0.3 is 0 Å². The number of hydrogen-bond acceptors (Lipinski definition) is 5. The molecule has 1 saturated heterocycles. The number of likely N-dealkylation sites (tertiary alicyclic amines) is 1. The van der Waals surface area contributed by atoms with E-state index in [0.29, 0.717) is 12.0 Å². The van der Waals surface area contributed by atoms with Gasteiger partial charge in [0.1, 0.15) is 17.0 Å². The molecule has 4 aromatic rings. The normalized spacial score (nSPS) is 17.0. The van der Waals surface area contributed by atoms with Crippen molar-refractivity contribution in [2.24, 2.45) is 0 Å². The van der Waals surface area contributed by atoms with Crippen molar-refractivity contribution < 1.29 is 8.42 Å². The molecule has 5 rings (SSSR count). The fourth-order valence-corrected chi connectivity index (χ4v) is 6.16.